The molecule has 2 N–H and O–H groups in total. The third-order valence-corrected chi connectivity index (χ3v) is 9.65. The van der Waals surface area contributed by atoms with Crippen molar-refractivity contribution in [3.8, 4) is 5.75 Å². The molecular formula is C28H26Cl4N4O5S. The Bertz CT molecular complexity index is 1610. The predicted octanol–water partition coefficient (Wildman–Crippen LogP) is 6.26. The van der Waals surface area contributed by atoms with Crippen molar-refractivity contribution in [2.45, 2.75) is 24.7 Å². The molecule has 9 nitrogen and oxygen atoms in total. The molecule has 1 aliphatic heterocycles. The van der Waals surface area contributed by atoms with Crippen molar-refractivity contribution in [1.82, 2.24) is 9.73 Å². The Morgan fingerprint density at radius 3 is 2.24 bits per heavy atom. The summed E-state index contributed by atoms with van der Waals surface area (Å²) < 4.78 is 32.8. The second-order valence-electron chi connectivity index (χ2n) is 9.42. The van der Waals surface area contributed by atoms with E-state index in [0.717, 1.165) is 5.56 Å². The molecule has 0 aromatic heterocycles. The minimum absolute atomic E-state index is 0.0541. The summed E-state index contributed by atoms with van der Waals surface area (Å²) in [7, 11) is -3.84. The first-order valence-corrected chi connectivity index (χ1v) is 15.7. The van der Waals surface area contributed by atoms with E-state index in [4.69, 9.17) is 51.1 Å². The zero-order chi connectivity index (χ0) is 30.4. The highest BCUT2D eigenvalue weighted by atomic mass is 35.5. The molecule has 1 aliphatic rings. The summed E-state index contributed by atoms with van der Waals surface area (Å²) in [6.07, 6.45) is 0.667. The van der Waals surface area contributed by atoms with Crippen molar-refractivity contribution in [1.29, 1.82) is 0 Å². The monoisotopic (exact) mass is 670 g/mol. The molecule has 3 aromatic carbocycles. The number of ether oxygens (including phenoxy) is 1. The average molecular weight is 672 g/mol. The first-order chi connectivity index (χ1) is 19.9. The summed E-state index contributed by atoms with van der Waals surface area (Å²) in [5.74, 6) is -0.721. The summed E-state index contributed by atoms with van der Waals surface area (Å²) in [4.78, 5) is 24.9. The van der Waals surface area contributed by atoms with Crippen LogP contribution in [0.1, 0.15) is 25.3 Å². The lowest BCUT2D eigenvalue weighted by Gasteiger charge is -2.30. The molecule has 0 aliphatic carbocycles. The molecule has 0 bridgehead atoms. The number of rotatable bonds is 9. The number of halogens is 4. The molecule has 0 atom stereocenters. The van der Waals surface area contributed by atoms with E-state index in [1.165, 1.54) is 28.6 Å². The normalized spacial score (nSPS) is 14.8. The van der Waals surface area contributed by atoms with Crippen molar-refractivity contribution in [2.24, 2.45) is 11.0 Å². The number of sulfonamides is 1. The van der Waals surface area contributed by atoms with Crippen LogP contribution in [0.5, 0.6) is 5.75 Å². The molecule has 3 aromatic rings. The lowest BCUT2D eigenvalue weighted by atomic mass is 9.98. The van der Waals surface area contributed by atoms with Crippen LogP contribution in [0, 0.1) is 5.92 Å². The van der Waals surface area contributed by atoms with Gasteiger partial charge in [-0.15, -0.1) is 0 Å². The van der Waals surface area contributed by atoms with Crippen LogP contribution < -0.4 is 15.5 Å². The first kappa shape index (κ1) is 32.1. The smallest absolute Gasteiger partial charge is 0.262 e. The largest absolute Gasteiger partial charge is 0.482 e. The minimum Gasteiger partial charge on any atom is -0.482 e. The van der Waals surface area contributed by atoms with E-state index in [0.29, 0.717) is 40.0 Å². The van der Waals surface area contributed by atoms with Gasteiger partial charge in [-0.3, -0.25) is 9.59 Å². The fraction of sp³-hybridized carbons (Fsp3) is 0.250. The Hall–Kier alpha value is -2.86. The highest BCUT2D eigenvalue weighted by Gasteiger charge is 2.33. The highest BCUT2D eigenvalue weighted by molar-refractivity contribution is 7.89. The van der Waals surface area contributed by atoms with E-state index >= 15 is 0 Å². The van der Waals surface area contributed by atoms with Crippen LogP contribution in [0.4, 0.5) is 5.69 Å². The van der Waals surface area contributed by atoms with E-state index in [2.05, 4.69) is 15.8 Å². The Morgan fingerprint density at radius 1 is 0.929 bits per heavy atom. The number of carbonyl (C=O) groups is 2. The lowest BCUT2D eigenvalue weighted by molar-refractivity contribution is -0.126. The highest BCUT2D eigenvalue weighted by Crippen LogP contribution is 2.30. The number of piperidine rings is 1. The SMILES string of the molecule is CC(=NNC(=O)C1CCN(S(=O)(=O)c2cc(Cl)ccc2Cl)CC1)c1ccc(NC(=O)COc2ccc(Cl)cc2Cl)cc1. The third-order valence-electron chi connectivity index (χ3n) is 6.51. The summed E-state index contributed by atoms with van der Waals surface area (Å²) in [5.41, 5.74) is 4.41. The third kappa shape index (κ3) is 8.15. The Labute approximate surface area is 263 Å². The van der Waals surface area contributed by atoms with Crippen LogP contribution in [-0.4, -0.2) is 49.9 Å². The van der Waals surface area contributed by atoms with E-state index < -0.39 is 15.9 Å². The molecule has 0 radical (unpaired) electrons. The van der Waals surface area contributed by atoms with E-state index in [-0.39, 0.29) is 46.5 Å². The van der Waals surface area contributed by atoms with Crippen LogP contribution in [0.15, 0.2) is 70.7 Å². The molecule has 4 rings (SSSR count). The van der Waals surface area contributed by atoms with Gasteiger partial charge in [-0.25, -0.2) is 13.8 Å². The number of hydrogen-bond donors (Lipinski definition) is 2. The fourth-order valence-electron chi connectivity index (χ4n) is 4.19. The predicted molar refractivity (Wildman–Crippen MR) is 165 cm³/mol. The molecule has 0 saturated carbocycles. The fourth-order valence-corrected chi connectivity index (χ4v) is 6.86. The molecule has 1 fully saturated rings. The molecule has 2 amide bonds. The molecule has 42 heavy (non-hydrogen) atoms. The van der Waals surface area contributed by atoms with Gasteiger partial charge in [-0.2, -0.15) is 9.41 Å². The number of benzene rings is 3. The van der Waals surface area contributed by atoms with Gasteiger partial charge < -0.3 is 10.1 Å². The average Bonchev–Trinajstić information content (AvgIpc) is 2.97. The minimum atomic E-state index is -3.84. The van der Waals surface area contributed by atoms with Crippen LogP contribution in [0.25, 0.3) is 0 Å². The Kier molecular flexibility index (Phi) is 10.7. The number of anilines is 1. The molecule has 0 unspecified atom stereocenters. The van der Waals surface area contributed by atoms with Gasteiger partial charge in [0, 0.05) is 34.7 Å². The quantitative estimate of drug-likeness (QED) is 0.206. The maximum Gasteiger partial charge on any atom is 0.262 e. The number of nitrogens with one attached hydrogen (secondary N) is 2. The number of hydrogen-bond acceptors (Lipinski definition) is 6. The van der Waals surface area contributed by atoms with E-state index in [1.807, 2.05) is 0 Å². The topological polar surface area (TPSA) is 117 Å². The van der Waals surface area contributed by atoms with Crippen molar-refractivity contribution < 1.29 is 22.7 Å². The summed E-state index contributed by atoms with van der Waals surface area (Å²) in [6, 6.07) is 15.9. The number of carbonyl (C=O) groups excluding carboxylic acids is 2. The molecule has 0 spiro atoms. The summed E-state index contributed by atoms with van der Waals surface area (Å²) in [6.45, 7) is 1.82. The summed E-state index contributed by atoms with van der Waals surface area (Å²) >= 11 is 24.0. The zero-order valence-electron chi connectivity index (χ0n) is 22.2. The molecular weight excluding hydrogens is 646 g/mol. The van der Waals surface area contributed by atoms with Crippen LogP contribution >= 0.6 is 46.4 Å². The van der Waals surface area contributed by atoms with E-state index in [1.54, 1.807) is 43.3 Å². The van der Waals surface area contributed by atoms with Gasteiger partial charge in [-0.05, 0) is 73.9 Å². The van der Waals surface area contributed by atoms with Gasteiger partial charge >= 0.3 is 0 Å². The maximum absolute atomic E-state index is 13.0. The van der Waals surface area contributed by atoms with Crippen molar-refractivity contribution >= 4 is 79.6 Å². The molecule has 222 valence electrons. The number of amides is 2. The van der Waals surface area contributed by atoms with Crippen LogP contribution in [0.3, 0.4) is 0 Å². The first-order valence-electron chi connectivity index (χ1n) is 12.7. The lowest BCUT2D eigenvalue weighted by Crippen LogP contribution is -2.42. The summed E-state index contributed by atoms with van der Waals surface area (Å²) in [5, 5.41) is 8.06. The van der Waals surface area contributed by atoms with Gasteiger partial charge in [0.05, 0.1) is 15.8 Å². The maximum atomic E-state index is 13.0. The molecule has 14 heteroatoms. The molecule has 1 saturated heterocycles. The van der Waals surface area contributed by atoms with Crippen molar-refractivity contribution in [3.05, 3.63) is 86.3 Å². The van der Waals surface area contributed by atoms with Crippen molar-refractivity contribution in [2.75, 3.05) is 25.0 Å². The van der Waals surface area contributed by atoms with Gasteiger partial charge in [0.25, 0.3) is 5.91 Å². The standard InChI is InChI=1S/C28H26Cl4N4O5S/c1-17(18-2-6-22(7-3-18)33-27(37)16-41-25-9-5-20(29)14-24(25)32)34-35-28(38)19-10-12-36(13-11-19)42(39,40)26-15-21(30)4-8-23(26)31/h2-9,14-15,19H,10-13,16H2,1H3,(H,33,37)(H,35,38). The Morgan fingerprint density at radius 2 is 1.57 bits per heavy atom. The number of nitrogens with zero attached hydrogens (tertiary/aromatic N) is 2. The van der Waals surface area contributed by atoms with Crippen molar-refractivity contribution in [3.63, 3.8) is 0 Å². The second-order valence-corrected chi connectivity index (χ2v) is 13.0. The van der Waals surface area contributed by atoms with Gasteiger partial charge in [-0.1, -0.05) is 58.5 Å². The second kappa shape index (κ2) is 14.1. The van der Waals surface area contributed by atoms with Gasteiger partial charge in [0.15, 0.2) is 6.61 Å². The zero-order valence-corrected chi connectivity index (χ0v) is 26.1. The van der Waals surface area contributed by atoms with Gasteiger partial charge in [0.2, 0.25) is 15.9 Å². The molecule has 1 heterocycles. The number of hydrazone groups is 1. The van der Waals surface area contributed by atoms with Crippen LogP contribution in [-0.2, 0) is 19.6 Å². The Balaban J connectivity index is 1.26. The van der Waals surface area contributed by atoms with Gasteiger partial charge in [0.1, 0.15) is 10.6 Å². The van der Waals surface area contributed by atoms with Crippen LogP contribution in [0.2, 0.25) is 20.1 Å². The van der Waals surface area contributed by atoms with E-state index in [9.17, 15) is 18.0 Å².